The molecule has 0 amide bonds. The fraction of sp³-hybridized carbons (Fsp3) is 0.250. The van der Waals surface area contributed by atoms with Gasteiger partial charge in [0.2, 0.25) is 11.7 Å². The SMILES string of the molecule is CC(C)=C(C)c1c([N+](=O)[O-])ccc(C(=O)c2c(C)nn(C)c2OS(=O)(=O)c2ccccc2)c1C. The first-order chi connectivity index (χ1) is 15.9. The van der Waals surface area contributed by atoms with E-state index in [9.17, 15) is 23.3 Å². The molecule has 0 saturated carbocycles. The molecule has 10 heteroatoms. The molecular formula is C24H25N3O6S. The fourth-order valence-electron chi connectivity index (χ4n) is 3.69. The number of nitrogens with zero attached hydrogens (tertiary/aromatic N) is 3. The van der Waals surface area contributed by atoms with E-state index in [-0.39, 0.29) is 33.3 Å². The highest BCUT2D eigenvalue weighted by Crippen LogP contribution is 2.35. The maximum absolute atomic E-state index is 13.7. The van der Waals surface area contributed by atoms with Crippen LogP contribution >= 0.6 is 0 Å². The number of allylic oxidation sites excluding steroid dienone is 2. The van der Waals surface area contributed by atoms with Crippen molar-refractivity contribution in [3.8, 4) is 5.88 Å². The zero-order valence-electron chi connectivity index (χ0n) is 19.7. The van der Waals surface area contributed by atoms with Crippen LogP contribution in [0.4, 0.5) is 5.69 Å². The lowest BCUT2D eigenvalue weighted by Gasteiger charge is -2.14. The van der Waals surface area contributed by atoms with Gasteiger partial charge in [0.15, 0.2) is 0 Å². The van der Waals surface area contributed by atoms with E-state index in [2.05, 4.69) is 5.10 Å². The van der Waals surface area contributed by atoms with Gasteiger partial charge in [0, 0.05) is 18.7 Å². The summed E-state index contributed by atoms with van der Waals surface area (Å²) in [6, 6.07) is 10.2. The number of rotatable bonds is 7. The third kappa shape index (κ3) is 4.49. The van der Waals surface area contributed by atoms with Crippen LogP contribution in [0.15, 0.2) is 52.9 Å². The number of carbonyl (C=O) groups excluding carboxylic acids is 1. The van der Waals surface area contributed by atoms with Crippen molar-refractivity contribution in [2.24, 2.45) is 7.05 Å². The minimum Gasteiger partial charge on any atom is -0.358 e. The van der Waals surface area contributed by atoms with Crippen LogP contribution in [-0.4, -0.2) is 28.9 Å². The van der Waals surface area contributed by atoms with Gasteiger partial charge in [0.05, 0.1) is 16.2 Å². The molecule has 9 nitrogen and oxygen atoms in total. The van der Waals surface area contributed by atoms with Gasteiger partial charge in [-0.05, 0) is 64.0 Å². The van der Waals surface area contributed by atoms with Crippen LogP contribution in [0.3, 0.4) is 0 Å². The van der Waals surface area contributed by atoms with Crippen LogP contribution in [0, 0.1) is 24.0 Å². The molecule has 0 aliphatic heterocycles. The molecule has 0 aliphatic carbocycles. The van der Waals surface area contributed by atoms with Gasteiger partial charge in [-0.25, -0.2) is 4.68 Å². The number of ketones is 1. The van der Waals surface area contributed by atoms with Crippen molar-refractivity contribution < 1.29 is 22.3 Å². The van der Waals surface area contributed by atoms with Gasteiger partial charge >= 0.3 is 10.1 Å². The molecule has 1 heterocycles. The van der Waals surface area contributed by atoms with Gasteiger partial charge in [-0.2, -0.15) is 13.5 Å². The van der Waals surface area contributed by atoms with Crippen LogP contribution < -0.4 is 4.18 Å². The molecule has 3 rings (SSSR count). The van der Waals surface area contributed by atoms with E-state index < -0.39 is 20.8 Å². The average Bonchev–Trinajstić information content (AvgIpc) is 3.05. The van der Waals surface area contributed by atoms with E-state index in [0.29, 0.717) is 16.7 Å². The molecule has 1 aromatic heterocycles. The molecule has 0 saturated heterocycles. The summed E-state index contributed by atoms with van der Waals surface area (Å²) in [6.45, 7) is 8.62. The number of benzene rings is 2. The molecule has 0 N–H and O–H groups in total. The Hall–Kier alpha value is -3.79. The highest BCUT2D eigenvalue weighted by atomic mass is 32.2. The third-order valence-corrected chi connectivity index (χ3v) is 6.85. The Labute approximate surface area is 198 Å². The van der Waals surface area contributed by atoms with E-state index in [1.807, 2.05) is 13.8 Å². The molecule has 2 aromatic carbocycles. The Morgan fingerprint density at radius 2 is 1.65 bits per heavy atom. The van der Waals surface area contributed by atoms with Crippen molar-refractivity contribution in [3.05, 3.63) is 86.1 Å². The molecular weight excluding hydrogens is 458 g/mol. The molecule has 0 fully saturated rings. The van der Waals surface area contributed by atoms with E-state index in [4.69, 9.17) is 4.18 Å². The monoisotopic (exact) mass is 483 g/mol. The summed E-state index contributed by atoms with van der Waals surface area (Å²) in [4.78, 5) is 24.8. The van der Waals surface area contributed by atoms with Gasteiger partial charge in [-0.1, -0.05) is 23.8 Å². The van der Waals surface area contributed by atoms with Gasteiger partial charge in [-0.15, -0.1) is 0 Å². The molecule has 0 radical (unpaired) electrons. The van der Waals surface area contributed by atoms with E-state index in [1.165, 1.54) is 36.0 Å². The largest absolute Gasteiger partial charge is 0.358 e. The number of aryl methyl sites for hydroxylation is 2. The van der Waals surface area contributed by atoms with Crippen LogP contribution in [0.25, 0.3) is 5.57 Å². The maximum Gasteiger partial charge on any atom is 0.340 e. The van der Waals surface area contributed by atoms with Gasteiger partial charge in [-0.3, -0.25) is 14.9 Å². The number of aromatic nitrogens is 2. The van der Waals surface area contributed by atoms with Crippen molar-refractivity contribution in [2.45, 2.75) is 39.5 Å². The van der Waals surface area contributed by atoms with Crippen LogP contribution in [0.5, 0.6) is 5.88 Å². The standard InChI is InChI=1S/C24H25N3O6S/c1-14(2)15(3)21-16(4)19(12-13-20(21)27(29)30)23(28)22-17(5)25-26(6)24(22)33-34(31,32)18-10-8-7-9-11-18/h7-13H,1-6H3. The smallest absolute Gasteiger partial charge is 0.340 e. The Morgan fingerprint density at radius 3 is 2.21 bits per heavy atom. The van der Waals surface area contributed by atoms with Crippen molar-refractivity contribution >= 4 is 27.2 Å². The number of nitro benzene ring substituents is 1. The molecule has 0 atom stereocenters. The number of carbonyl (C=O) groups is 1. The maximum atomic E-state index is 13.7. The predicted molar refractivity (Wildman–Crippen MR) is 127 cm³/mol. The molecule has 0 unspecified atom stereocenters. The number of nitro groups is 1. The zero-order chi connectivity index (χ0) is 25.4. The Morgan fingerprint density at radius 1 is 1.03 bits per heavy atom. The summed E-state index contributed by atoms with van der Waals surface area (Å²) in [6.07, 6.45) is 0. The van der Waals surface area contributed by atoms with Crippen LogP contribution in [0.2, 0.25) is 0 Å². The highest BCUT2D eigenvalue weighted by molar-refractivity contribution is 7.87. The second-order valence-electron chi connectivity index (χ2n) is 8.08. The highest BCUT2D eigenvalue weighted by Gasteiger charge is 2.30. The minimum atomic E-state index is -4.23. The summed E-state index contributed by atoms with van der Waals surface area (Å²) in [5.41, 5.74) is 2.65. The Bertz CT molecular complexity index is 1430. The number of hydrogen-bond acceptors (Lipinski definition) is 7. The lowest BCUT2D eigenvalue weighted by molar-refractivity contribution is -0.385. The first kappa shape index (κ1) is 24.8. The molecule has 178 valence electrons. The van der Waals surface area contributed by atoms with Crippen LogP contribution in [-0.2, 0) is 17.2 Å². The summed E-state index contributed by atoms with van der Waals surface area (Å²) in [5, 5.41) is 15.8. The quantitative estimate of drug-likeness (QED) is 0.206. The van der Waals surface area contributed by atoms with Crippen molar-refractivity contribution in [1.82, 2.24) is 9.78 Å². The average molecular weight is 484 g/mol. The van der Waals surface area contributed by atoms with Gasteiger partial charge in [0.1, 0.15) is 10.5 Å². The lowest BCUT2D eigenvalue weighted by atomic mass is 9.90. The normalized spacial score (nSPS) is 11.2. The van der Waals surface area contributed by atoms with Crippen molar-refractivity contribution in [3.63, 3.8) is 0 Å². The summed E-state index contributed by atoms with van der Waals surface area (Å²) < 4.78 is 32.2. The zero-order valence-corrected chi connectivity index (χ0v) is 20.6. The second kappa shape index (κ2) is 9.22. The first-order valence-electron chi connectivity index (χ1n) is 10.4. The second-order valence-corrected chi connectivity index (χ2v) is 9.63. The summed E-state index contributed by atoms with van der Waals surface area (Å²) in [5.74, 6) is -0.774. The van der Waals surface area contributed by atoms with Crippen molar-refractivity contribution in [1.29, 1.82) is 0 Å². The van der Waals surface area contributed by atoms with Crippen molar-refractivity contribution in [2.75, 3.05) is 0 Å². The molecule has 34 heavy (non-hydrogen) atoms. The summed E-state index contributed by atoms with van der Waals surface area (Å²) >= 11 is 0. The minimum absolute atomic E-state index is 0.0280. The first-order valence-corrected chi connectivity index (χ1v) is 11.8. The van der Waals surface area contributed by atoms with Crippen LogP contribution in [0.1, 0.15) is 53.5 Å². The molecule has 0 aliphatic rings. The van der Waals surface area contributed by atoms with E-state index in [0.717, 1.165) is 5.57 Å². The predicted octanol–water partition coefficient (Wildman–Crippen LogP) is 4.76. The Kier molecular flexibility index (Phi) is 6.74. The summed E-state index contributed by atoms with van der Waals surface area (Å²) in [7, 11) is -2.76. The van der Waals surface area contributed by atoms with E-state index in [1.54, 1.807) is 39.0 Å². The van der Waals surface area contributed by atoms with Gasteiger partial charge < -0.3 is 4.18 Å². The van der Waals surface area contributed by atoms with E-state index >= 15 is 0 Å². The van der Waals surface area contributed by atoms with Gasteiger partial charge in [0.25, 0.3) is 5.69 Å². The lowest BCUT2D eigenvalue weighted by Crippen LogP contribution is -2.15. The molecule has 0 bridgehead atoms. The Balaban J connectivity index is 2.18. The topological polar surface area (TPSA) is 121 Å². The molecule has 3 aromatic rings. The fourth-order valence-corrected chi connectivity index (χ4v) is 4.67. The third-order valence-electron chi connectivity index (χ3n) is 5.63. The molecule has 0 spiro atoms. The number of hydrogen-bond donors (Lipinski definition) is 0.